The Kier molecular flexibility index (Phi) is 5.60. The summed E-state index contributed by atoms with van der Waals surface area (Å²) in [5.74, 6) is 0.835. The molecular formula is C19H22Cl2N4O. The third kappa shape index (κ3) is 3.96. The van der Waals surface area contributed by atoms with E-state index in [0.717, 1.165) is 57.1 Å². The lowest BCUT2D eigenvalue weighted by Gasteiger charge is -2.42. The maximum atomic E-state index is 6.17. The largest absolute Gasteiger partial charge is 0.371 e. The summed E-state index contributed by atoms with van der Waals surface area (Å²) in [5, 5.41) is 1.17. The van der Waals surface area contributed by atoms with Crippen LogP contribution in [0.2, 0.25) is 10.0 Å². The smallest absolute Gasteiger partial charge is 0.225 e. The summed E-state index contributed by atoms with van der Waals surface area (Å²) in [6.07, 6.45) is 5.89. The minimum Gasteiger partial charge on any atom is -0.371 e. The zero-order chi connectivity index (χ0) is 17.9. The predicted octanol–water partition coefficient (Wildman–Crippen LogP) is 3.83. The summed E-state index contributed by atoms with van der Waals surface area (Å²) in [4.78, 5) is 13.6. The number of piperidine rings is 1. The van der Waals surface area contributed by atoms with Gasteiger partial charge in [-0.05, 0) is 36.6 Å². The molecule has 0 N–H and O–H groups in total. The SMILES string of the molecule is Clc1ccc([C@@H]2CN(C3CCN(c4ncccn4)CC3)CCO2)cc1Cl. The van der Waals surface area contributed by atoms with Gasteiger partial charge in [-0.2, -0.15) is 0 Å². The Morgan fingerprint density at radius 3 is 2.50 bits per heavy atom. The van der Waals surface area contributed by atoms with E-state index in [1.807, 2.05) is 24.3 Å². The zero-order valence-electron chi connectivity index (χ0n) is 14.5. The number of benzene rings is 1. The van der Waals surface area contributed by atoms with Crippen molar-refractivity contribution in [3.63, 3.8) is 0 Å². The van der Waals surface area contributed by atoms with E-state index in [2.05, 4.69) is 19.8 Å². The van der Waals surface area contributed by atoms with Crippen molar-refractivity contribution in [1.29, 1.82) is 0 Å². The first kappa shape index (κ1) is 18.0. The van der Waals surface area contributed by atoms with Crippen molar-refractivity contribution in [1.82, 2.24) is 14.9 Å². The van der Waals surface area contributed by atoms with Gasteiger partial charge in [0.1, 0.15) is 0 Å². The van der Waals surface area contributed by atoms with Crippen molar-refractivity contribution in [2.24, 2.45) is 0 Å². The minimum atomic E-state index is 0.0500. The van der Waals surface area contributed by atoms with Crippen molar-refractivity contribution in [3.8, 4) is 0 Å². The lowest BCUT2D eigenvalue weighted by atomic mass is 10.0. The second-order valence-corrected chi connectivity index (χ2v) is 7.61. The monoisotopic (exact) mass is 392 g/mol. The third-order valence-electron chi connectivity index (χ3n) is 5.23. The first-order valence-electron chi connectivity index (χ1n) is 9.03. The molecule has 138 valence electrons. The molecule has 1 atom stereocenters. The van der Waals surface area contributed by atoms with Crippen molar-refractivity contribution in [3.05, 3.63) is 52.3 Å². The molecule has 3 heterocycles. The molecule has 0 saturated carbocycles. The molecule has 5 nitrogen and oxygen atoms in total. The summed E-state index contributed by atoms with van der Waals surface area (Å²) in [6, 6.07) is 8.21. The van der Waals surface area contributed by atoms with Crippen LogP contribution in [0.4, 0.5) is 5.95 Å². The number of aromatic nitrogens is 2. The van der Waals surface area contributed by atoms with Gasteiger partial charge in [0.2, 0.25) is 5.95 Å². The second-order valence-electron chi connectivity index (χ2n) is 6.79. The molecule has 0 bridgehead atoms. The van der Waals surface area contributed by atoms with Crippen LogP contribution in [0.5, 0.6) is 0 Å². The van der Waals surface area contributed by atoms with Gasteiger partial charge in [-0.1, -0.05) is 29.3 Å². The molecule has 2 fully saturated rings. The van der Waals surface area contributed by atoms with Gasteiger partial charge >= 0.3 is 0 Å². The summed E-state index contributed by atoms with van der Waals surface area (Å²) in [5.41, 5.74) is 1.10. The number of hydrogen-bond donors (Lipinski definition) is 0. The van der Waals surface area contributed by atoms with Crippen LogP contribution in [0, 0.1) is 0 Å². The van der Waals surface area contributed by atoms with E-state index in [9.17, 15) is 0 Å². The Morgan fingerprint density at radius 1 is 1.00 bits per heavy atom. The Hall–Kier alpha value is -1.40. The van der Waals surface area contributed by atoms with Gasteiger partial charge in [0, 0.05) is 44.6 Å². The van der Waals surface area contributed by atoms with Crippen LogP contribution in [-0.4, -0.2) is 53.7 Å². The normalized spacial score (nSPS) is 22.5. The molecule has 0 aliphatic carbocycles. The molecule has 2 saturated heterocycles. The van der Waals surface area contributed by atoms with Crippen molar-refractivity contribution >= 4 is 29.2 Å². The average Bonchev–Trinajstić information content (AvgIpc) is 2.71. The number of anilines is 1. The fraction of sp³-hybridized carbons (Fsp3) is 0.474. The number of rotatable bonds is 3. The topological polar surface area (TPSA) is 41.5 Å². The molecule has 0 radical (unpaired) electrons. The van der Waals surface area contributed by atoms with E-state index in [1.54, 1.807) is 12.4 Å². The van der Waals surface area contributed by atoms with Crippen LogP contribution in [0.25, 0.3) is 0 Å². The third-order valence-corrected chi connectivity index (χ3v) is 5.97. The van der Waals surface area contributed by atoms with Crippen LogP contribution in [0.15, 0.2) is 36.7 Å². The van der Waals surface area contributed by atoms with Crippen LogP contribution in [0.3, 0.4) is 0 Å². The van der Waals surface area contributed by atoms with E-state index < -0.39 is 0 Å². The van der Waals surface area contributed by atoms with E-state index in [-0.39, 0.29) is 6.10 Å². The summed E-state index contributed by atoms with van der Waals surface area (Å²) < 4.78 is 6.00. The van der Waals surface area contributed by atoms with Crippen molar-refractivity contribution in [2.75, 3.05) is 37.7 Å². The van der Waals surface area contributed by atoms with Crippen LogP contribution in [-0.2, 0) is 4.74 Å². The zero-order valence-corrected chi connectivity index (χ0v) is 16.0. The Bertz CT molecular complexity index is 738. The quantitative estimate of drug-likeness (QED) is 0.793. The second kappa shape index (κ2) is 8.09. The Labute approximate surface area is 163 Å². The Balaban J connectivity index is 1.37. The molecule has 0 unspecified atom stereocenters. The molecule has 26 heavy (non-hydrogen) atoms. The molecule has 1 aromatic heterocycles. The molecule has 0 amide bonds. The van der Waals surface area contributed by atoms with Gasteiger partial charge in [-0.3, -0.25) is 4.90 Å². The highest BCUT2D eigenvalue weighted by Crippen LogP contribution is 2.31. The average molecular weight is 393 g/mol. The fourth-order valence-electron chi connectivity index (χ4n) is 3.80. The standard InChI is InChI=1S/C19H22Cl2N4O/c20-16-3-2-14(12-17(16)21)18-13-25(10-11-26-18)15-4-8-24(9-5-15)19-22-6-1-7-23-19/h1-3,6-7,12,15,18H,4-5,8-11,13H2/t18-/m0/s1. The summed E-state index contributed by atoms with van der Waals surface area (Å²) in [7, 11) is 0. The molecule has 4 rings (SSSR count). The first-order valence-corrected chi connectivity index (χ1v) is 9.79. The number of nitrogens with zero attached hydrogens (tertiary/aromatic N) is 4. The highest BCUT2D eigenvalue weighted by molar-refractivity contribution is 6.42. The van der Waals surface area contributed by atoms with Gasteiger partial charge in [0.05, 0.1) is 22.8 Å². The number of morpholine rings is 1. The van der Waals surface area contributed by atoms with Gasteiger partial charge in [-0.25, -0.2) is 9.97 Å². The Morgan fingerprint density at radius 2 is 1.77 bits per heavy atom. The molecule has 7 heteroatoms. The van der Waals surface area contributed by atoms with E-state index >= 15 is 0 Å². The van der Waals surface area contributed by atoms with Crippen LogP contribution < -0.4 is 4.90 Å². The van der Waals surface area contributed by atoms with Gasteiger partial charge in [0.25, 0.3) is 0 Å². The first-order chi connectivity index (χ1) is 12.7. The molecule has 2 aliphatic heterocycles. The molecule has 2 aromatic rings. The molecule has 0 spiro atoms. The van der Waals surface area contributed by atoms with Crippen molar-refractivity contribution < 1.29 is 4.74 Å². The minimum absolute atomic E-state index is 0.0500. The van der Waals surface area contributed by atoms with Gasteiger partial charge in [0.15, 0.2) is 0 Å². The number of ether oxygens (including phenoxy) is 1. The molecular weight excluding hydrogens is 371 g/mol. The van der Waals surface area contributed by atoms with E-state index in [0.29, 0.717) is 16.1 Å². The highest BCUT2D eigenvalue weighted by atomic mass is 35.5. The summed E-state index contributed by atoms with van der Waals surface area (Å²) >= 11 is 12.2. The lowest BCUT2D eigenvalue weighted by Crippen LogP contribution is -2.50. The van der Waals surface area contributed by atoms with Crippen LogP contribution in [0.1, 0.15) is 24.5 Å². The van der Waals surface area contributed by atoms with Gasteiger partial charge < -0.3 is 9.64 Å². The van der Waals surface area contributed by atoms with Crippen LogP contribution >= 0.6 is 23.2 Å². The van der Waals surface area contributed by atoms with E-state index in [1.165, 1.54) is 0 Å². The maximum Gasteiger partial charge on any atom is 0.225 e. The highest BCUT2D eigenvalue weighted by Gasteiger charge is 2.30. The number of hydrogen-bond acceptors (Lipinski definition) is 5. The number of halogens is 2. The maximum absolute atomic E-state index is 6.17. The van der Waals surface area contributed by atoms with E-state index in [4.69, 9.17) is 27.9 Å². The fourth-order valence-corrected chi connectivity index (χ4v) is 4.11. The predicted molar refractivity (Wildman–Crippen MR) is 104 cm³/mol. The van der Waals surface area contributed by atoms with Gasteiger partial charge in [-0.15, -0.1) is 0 Å². The molecule has 1 aromatic carbocycles. The lowest BCUT2D eigenvalue weighted by molar-refractivity contribution is -0.0481. The summed E-state index contributed by atoms with van der Waals surface area (Å²) in [6.45, 7) is 4.59. The molecule has 2 aliphatic rings. The van der Waals surface area contributed by atoms with Crippen molar-refractivity contribution in [2.45, 2.75) is 25.0 Å².